The number of benzene rings is 1. The maximum Gasteiger partial charge on any atom is 0.243 e. The normalized spacial score (nSPS) is 10.3. The van der Waals surface area contributed by atoms with E-state index >= 15 is 0 Å². The average molecular weight is 329 g/mol. The van der Waals surface area contributed by atoms with Crippen molar-refractivity contribution in [3.8, 4) is 5.88 Å². The largest absolute Gasteiger partial charge is 0.479 e. The Morgan fingerprint density at radius 3 is 2.63 bits per heavy atom. The Balaban J connectivity index is 2.54. The minimum absolute atomic E-state index is 0.0177. The molecule has 7 heteroatoms. The third-order valence-corrected chi connectivity index (χ3v) is 3.13. The van der Waals surface area contributed by atoms with Crippen LogP contribution < -0.4 is 4.74 Å². The second-order valence-electron chi connectivity index (χ2n) is 3.47. The van der Waals surface area contributed by atoms with Crippen LogP contribution in [0.2, 0.25) is 0 Å². The standard InChI is InChI=1S/C12H7BrF2N2O2/c1-19-12-10(16-4-5-17-12)11(18)6-2-3-7(14)9(15)8(6)13/h2-5H,1H3. The first kappa shape index (κ1) is 13.5. The molecule has 0 aliphatic carbocycles. The van der Waals surface area contributed by atoms with E-state index in [-0.39, 0.29) is 21.6 Å². The summed E-state index contributed by atoms with van der Waals surface area (Å²) >= 11 is 2.85. The van der Waals surface area contributed by atoms with Crippen LogP contribution in [0.15, 0.2) is 29.0 Å². The van der Waals surface area contributed by atoms with Crippen molar-refractivity contribution < 1.29 is 18.3 Å². The van der Waals surface area contributed by atoms with E-state index in [0.717, 1.165) is 6.07 Å². The number of ether oxygens (including phenoxy) is 1. The molecule has 0 unspecified atom stereocenters. The lowest BCUT2D eigenvalue weighted by molar-refractivity contribution is 0.102. The Hall–Kier alpha value is -1.89. The van der Waals surface area contributed by atoms with Gasteiger partial charge in [0.2, 0.25) is 11.7 Å². The lowest BCUT2D eigenvalue weighted by Crippen LogP contribution is -2.09. The number of methoxy groups -OCH3 is 1. The first-order valence-corrected chi connectivity index (χ1v) is 5.88. The zero-order valence-electron chi connectivity index (χ0n) is 9.65. The van der Waals surface area contributed by atoms with Crippen LogP contribution in [0.4, 0.5) is 8.78 Å². The third-order valence-electron chi connectivity index (χ3n) is 2.35. The Bertz CT molecular complexity index is 650. The Morgan fingerprint density at radius 1 is 1.26 bits per heavy atom. The predicted octanol–water partition coefficient (Wildman–Crippen LogP) is 2.76. The molecule has 0 N–H and O–H groups in total. The number of carbonyl (C=O) groups excluding carboxylic acids is 1. The van der Waals surface area contributed by atoms with Crippen molar-refractivity contribution in [3.63, 3.8) is 0 Å². The van der Waals surface area contributed by atoms with E-state index in [0.29, 0.717) is 0 Å². The van der Waals surface area contributed by atoms with Gasteiger partial charge in [0, 0.05) is 18.0 Å². The van der Waals surface area contributed by atoms with Gasteiger partial charge in [0.25, 0.3) is 0 Å². The number of halogens is 3. The molecular weight excluding hydrogens is 322 g/mol. The first-order chi connectivity index (χ1) is 9.06. The van der Waals surface area contributed by atoms with Crippen LogP contribution in [0.3, 0.4) is 0 Å². The third kappa shape index (κ3) is 2.46. The van der Waals surface area contributed by atoms with Crippen LogP contribution in [0.5, 0.6) is 5.88 Å². The van der Waals surface area contributed by atoms with E-state index in [1.165, 1.54) is 25.6 Å². The Kier molecular flexibility index (Phi) is 3.84. The van der Waals surface area contributed by atoms with E-state index < -0.39 is 17.4 Å². The van der Waals surface area contributed by atoms with Gasteiger partial charge in [-0.25, -0.2) is 18.7 Å². The second kappa shape index (κ2) is 5.40. The minimum atomic E-state index is -1.13. The minimum Gasteiger partial charge on any atom is -0.479 e. The van der Waals surface area contributed by atoms with E-state index in [4.69, 9.17) is 4.74 Å². The SMILES string of the molecule is COc1nccnc1C(=O)c1ccc(F)c(F)c1Br. The summed E-state index contributed by atoms with van der Waals surface area (Å²) in [7, 11) is 1.33. The highest BCUT2D eigenvalue weighted by Crippen LogP contribution is 2.26. The molecular formula is C12H7BrF2N2O2. The highest BCUT2D eigenvalue weighted by atomic mass is 79.9. The van der Waals surface area contributed by atoms with Crippen molar-refractivity contribution in [1.82, 2.24) is 9.97 Å². The summed E-state index contributed by atoms with van der Waals surface area (Å²) in [6.45, 7) is 0. The van der Waals surface area contributed by atoms with Crippen molar-refractivity contribution in [3.05, 3.63) is 51.9 Å². The second-order valence-corrected chi connectivity index (χ2v) is 4.26. The monoisotopic (exact) mass is 328 g/mol. The number of rotatable bonds is 3. The van der Waals surface area contributed by atoms with E-state index in [1.54, 1.807) is 0 Å². The smallest absolute Gasteiger partial charge is 0.243 e. The van der Waals surface area contributed by atoms with Gasteiger partial charge in [-0.1, -0.05) is 0 Å². The average Bonchev–Trinajstić information content (AvgIpc) is 2.44. The van der Waals surface area contributed by atoms with Gasteiger partial charge in [0.1, 0.15) is 0 Å². The summed E-state index contributed by atoms with van der Waals surface area (Å²) in [5.74, 6) is -2.77. The predicted molar refractivity (Wildman–Crippen MR) is 66.1 cm³/mol. The van der Waals surface area contributed by atoms with Gasteiger partial charge < -0.3 is 4.74 Å². The molecule has 2 aromatic rings. The number of hydrogen-bond acceptors (Lipinski definition) is 4. The fourth-order valence-corrected chi connectivity index (χ4v) is 1.96. The molecule has 1 aromatic carbocycles. The molecule has 0 amide bonds. The van der Waals surface area contributed by atoms with Gasteiger partial charge in [-0.15, -0.1) is 0 Å². The molecule has 0 spiro atoms. The zero-order chi connectivity index (χ0) is 14.0. The molecule has 0 aliphatic heterocycles. The highest BCUT2D eigenvalue weighted by molar-refractivity contribution is 9.10. The first-order valence-electron chi connectivity index (χ1n) is 5.09. The fraction of sp³-hybridized carbons (Fsp3) is 0.0833. The van der Waals surface area contributed by atoms with Crippen molar-refractivity contribution in [2.45, 2.75) is 0 Å². The topological polar surface area (TPSA) is 52.1 Å². The Labute approximate surface area is 115 Å². The van der Waals surface area contributed by atoms with Gasteiger partial charge in [0.05, 0.1) is 11.6 Å². The van der Waals surface area contributed by atoms with Crippen LogP contribution in [-0.2, 0) is 0 Å². The van der Waals surface area contributed by atoms with Gasteiger partial charge in [-0.2, -0.15) is 0 Å². The number of carbonyl (C=O) groups is 1. The molecule has 4 nitrogen and oxygen atoms in total. The van der Waals surface area contributed by atoms with Crippen molar-refractivity contribution in [2.75, 3.05) is 7.11 Å². The van der Waals surface area contributed by atoms with E-state index in [1.807, 2.05) is 0 Å². The van der Waals surface area contributed by atoms with Crippen molar-refractivity contribution >= 4 is 21.7 Å². The van der Waals surface area contributed by atoms with E-state index in [2.05, 4.69) is 25.9 Å². The maximum absolute atomic E-state index is 13.4. The lowest BCUT2D eigenvalue weighted by atomic mass is 10.1. The molecule has 0 saturated heterocycles. The van der Waals surface area contributed by atoms with Crippen molar-refractivity contribution in [1.29, 1.82) is 0 Å². The Morgan fingerprint density at radius 2 is 1.95 bits per heavy atom. The molecule has 0 atom stereocenters. The maximum atomic E-state index is 13.4. The van der Waals surface area contributed by atoms with Crippen LogP contribution in [0.1, 0.15) is 16.1 Å². The van der Waals surface area contributed by atoms with Crippen LogP contribution in [-0.4, -0.2) is 22.9 Å². The zero-order valence-corrected chi connectivity index (χ0v) is 11.2. The molecule has 1 aromatic heterocycles. The summed E-state index contributed by atoms with van der Waals surface area (Å²) in [5, 5.41) is 0. The molecule has 2 rings (SSSR count). The molecule has 1 heterocycles. The fourth-order valence-electron chi connectivity index (χ4n) is 1.46. The molecule has 0 bridgehead atoms. The summed E-state index contributed by atoms with van der Waals surface area (Å²) in [4.78, 5) is 19.9. The lowest BCUT2D eigenvalue weighted by Gasteiger charge is -2.07. The van der Waals surface area contributed by atoms with Gasteiger partial charge in [0.15, 0.2) is 17.3 Å². The number of aromatic nitrogens is 2. The summed E-state index contributed by atoms with van der Waals surface area (Å²) in [6, 6.07) is 2.04. The number of nitrogens with zero attached hydrogens (tertiary/aromatic N) is 2. The van der Waals surface area contributed by atoms with Gasteiger partial charge in [-0.05, 0) is 28.1 Å². The molecule has 0 saturated carbocycles. The van der Waals surface area contributed by atoms with E-state index in [9.17, 15) is 13.6 Å². The summed E-state index contributed by atoms with van der Waals surface area (Å²) in [6.07, 6.45) is 2.67. The highest BCUT2D eigenvalue weighted by Gasteiger charge is 2.22. The molecule has 0 fully saturated rings. The van der Waals surface area contributed by atoms with Gasteiger partial charge >= 0.3 is 0 Å². The summed E-state index contributed by atoms with van der Waals surface area (Å²) in [5.41, 5.74) is -0.130. The van der Waals surface area contributed by atoms with Crippen LogP contribution in [0, 0.1) is 11.6 Å². The molecule has 98 valence electrons. The number of ketones is 1. The number of hydrogen-bond donors (Lipinski definition) is 0. The molecule has 0 radical (unpaired) electrons. The van der Waals surface area contributed by atoms with Crippen molar-refractivity contribution in [2.24, 2.45) is 0 Å². The van der Waals surface area contributed by atoms with Gasteiger partial charge in [-0.3, -0.25) is 4.79 Å². The quantitative estimate of drug-likeness (QED) is 0.642. The summed E-state index contributed by atoms with van der Waals surface area (Å²) < 4.78 is 31.1. The van der Waals surface area contributed by atoms with Crippen LogP contribution >= 0.6 is 15.9 Å². The van der Waals surface area contributed by atoms with Crippen LogP contribution in [0.25, 0.3) is 0 Å². The molecule has 19 heavy (non-hydrogen) atoms. The molecule has 0 aliphatic rings.